The first-order chi connectivity index (χ1) is 17.0. The molecule has 0 unspecified atom stereocenters. The molecular formula is C26H30N4O4S. The third kappa shape index (κ3) is 5.28. The summed E-state index contributed by atoms with van der Waals surface area (Å²) in [5.41, 5.74) is 2.32. The first-order valence-electron chi connectivity index (χ1n) is 12.0. The lowest BCUT2D eigenvalue weighted by atomic mass is 9.79. The zero-order valence-corrected chi connectivity index (χ0v) is 20.4. The van der Waals surface area contributed by atoms with Gasteiger partial charge in [0.05, 0.1) is 35.1 Å². The molecule has 2 aromatic heterocycles. The summed E-state index contributed by atoms with van der Waals surface area (Å²) >= 11 is 1.51. The molecule has 1 amide bonds. The molecule has 1 fully saturated rings. The van der Waals surface area contributed by atoms with Gasteiger partial charge >= 0.3 is 0 Å². The van der Waals surface area contributed by atoms with Crippen LogP contribution in [0.5, 0.6) is 5.75 Å². The van der Waals surface area contributed by atoms with Gasteiger partial charge in [0.1, 0.15) is 17.7 Å². The summed E-state index contributed by atoms with van der Waals surface area (Å²) in [4.78, 5) is 21.6. The van der Waals surface area contributed by atoms with Crippen molar-refractivity contribution in [2.75, 3.05) is 18.2 Å². The molecular weight excluding hydrogens is 464 g/mol. The molecule has 1 aromatic carbocycles. The zero-order chi connectivity index (χ0) is 24.4. The first kappa shape index (κ1) is 24.0. The van der Waals surface area contributed by atoms with Crippen LogP contribution in [-0.2, 0) is 11.3 Å². The van der Waals surface area contributed by atoms with Crippen LogP contribution in [-0.4, -0.2) is 51.1 Å². The highest BCUT2D eigenvalue weighted by atomic mass is 32.2. The number of benzene rings is 1. The van der Waals surface area contributed by atoms with E-state index in [1.807, 2.05) is 30.3 Å². The molecule has 3 heterocycles. The maximum atomic E-state index is 11.6. The number of pyridine rings is 2. The molecule has 1 aliphatic carbocycles. The van der Waals surface area contributed by atoms with Crippen LogP contribution in [0.4, 0.5) is 5.82 Å². The van der Waals surface area contributed by atoms with Crippen molar-refractivity contribution < 1.29 is 19.7 Å². The van der Waals surface area contributed by atoms with Gasteiger partial charge in [-0.3, -0.25) is 9.78 Å². The van der Waals surface area contributed by atoms with Gasteiger partial charge in [0.15, 0.2) is 0 Å². The molecule has 2 aliphatic rings. The summed E-state index contributed by atoms with van der Waals surface area (Å²) in [6.07, 6.45) is 3.30. The Balaban J connectivity index is 1.17. The lowest BCUT2D eigenvalue weighted by molar-refractivity contribution is -0.113. The van der Waals surface area contributed by atoms with Crippen molar-refractivity contribution >= 4 is 34.4 Å². The first-order valence-corrected chi connectivity index (χ1v) is 12.9. The number of anilines is 1. The van der Waals surface area contributed by atoms with Crippen LogP contribution in [0.3, 0.4) is 0 Å². The van der Waals surface area contributed by atoms with E-state index < -0.39 is 12.2 Å². The molecule has 0 spiro atoms. The van der Waals surface area contributed by atoms with Crippen LogP contribution in [0.1, 0.15) is 43.0 Å². The maximum Gasteiger partial charge on any atom is 0.235 e. The van der Waals surface area contributed by atoms with E-state index in [0.29, 0.717) is 35.5 Å². The molecule has 35 heavy (non-hydrogen) atoms. The SMILES string of the molecule is COc1ccc2nccc([C@@H](O)[C@H](O)[C@H]3CC[C@H](NCc4ccc5c(n4)NC(=O)CS5)CC3)c2c1. The van der Waals surface area contributed by atoms with Gasteiger partial charge in [-0.15, -0.1) is 11.8 Å². The van der Waals surface area contributed by atoms with Crippen LogP contribution in [0.25, 0.3) is 10.9 Å². The minimum Gasteiger partial charge on any atom is -0.497 e. The molecule has 1 saturated carbocycles. The number of hydrogen-bond acceptors (Lipinski definition) is 8. The number of carbonyl (C=O) groups is 1. The number of aliphatic hydroxyl groups excluding tert-OH is 2. The lowest BCUT2D eigenvalue weighted by Gasteiger charge is -2.34. The second kappa shape index (κ2) is 10.5. The van der Waals surface area contributed by atoms with Gasteiger partial charge in [-0.25, -0.2) is 4.98 Å². The molecule has 9 heteroatoms. The molecule has 0 radical (unpaired) electrons. The van der Waals surface area contributed by atoms with Gasteiger partial charge in [0, 0.05) is 24.2 Å². The van der Waals surface area contributed by atoms with Gasteiger partial charge < -0.3 is 25.6 Å². The molecule has 8 nitrogen and oxygen atoms in total. The van der Waals surface area contributed by atoms with Crippen molar-refractivity contribution in [3.05, 3.63) is 53.9 Å². The van der Waals surface area contributed by atoms with Crippen LogP contribution in [0.15, 0.2) is 47.5 Å². The smallest absolute Gasteiger partial charge is 0.235 e. The van der Waals surface area contributed by atoms with E-state index in [1.165, 1.54) is 11.8 Å². The number of nitrogens with zero attached hydrogens (tertiary/aromatic N) is 2. The molecule has 3 aromatic rings. The summed E-state index contributed by atoms with van der Waals surface area (Å²) < 4.78 is 5.33. The molecule has 0 bridgehead atoms. The van der Waals surface area contributed by atoms with Crippen molar-refractivity contribution in [1.29, 1.82) is 0 Å². The fourth-order valence-corrected chi connectivity index (χ4v) is 5.75. The van der Waals surface area contributed by atoms with Gasteiger partial charge in [-0.2, -0.15) is 0 Å². The van der Waals surface area contributed by atoms with Crippen LogP contribution in [0.2, 0.25) is 0 Å². The molecule has 5 rings (SSSR count). The Morgan fingerprint density at radius 1 is 1.17 bits per heavy atom. The average molecular weight is 495 g/mol. The third-order valence-electron chi connectivity index (χ3n) is 6.98. The summed E-state index contributed by atoms with van der Waals surface area (Å²) in [6, 6.07) is 11.7. The van der Waals surface area contributed by atoms with E-state index >= 15 is 0 Å². The highest BCUT2D eigenvalue weighted by molar-refractivity contribution is 8.00. The largest absolute Gasteiger partial charge is 0.497 e. The Kier molecular flexibility index (Phi) is 7.19. The third-order valence-corrected chi connectivity index (χ3v) is 8.03. The van der Waals surface area contributed by atoms with Gasteiger partial charge in [0.25, 0.3) is 0 Å². The van der Waals surface area contributed by atoms with E-state index in [2.05, 4.69) is 20.6 Å². The molecule has 2 atom stereocenters. The quantitative estimate of drug-likeness (QED) is 0.395. The second-order valence-electron chi connectivity index (χ2n) is 9.20. The van der Waals surface area contributed by atoms with Gasteiger partial charge in [-0.1, -0.05) is 0 Å². The van der Waals surface area contributed by atoms with Crippen molar-refractivity contribution in [1.82, 2.24) is 15.3 Å². The average Bonchev–Trinajstić information content (AvgIpc) is 2.90. The van der Waals surface area contributed by atoms with Crippen molar-refractivity contribution in [3.8, 4) is 5.75 Å². The number of aromatic nitrogens is 2. The number of methoxy groups -OCH3 is 1. The van der Waals surface area contributed by atoms with Crippen LogP contribution >= 0.6 is 11.8 Å². The Morgan fingerprint density at radius 3 is 2.80 bits per heavy atom. The Morgan fingerprint density at radius 2 is 2.00 bits per heavy atom. The van der Waals surface area contributed by atoms with E-state index in [9.17, 15) is 15.0 Å². The standard InChI is InChI=1S/C26H30N4O4S/c1-34-18-7-8-21-20(12-18)19(10-11-27-21)25(33)24(32)15-2-4-16(5-3-15)28-13-17-6-9-22-26(29-17)30-23(31)14-35-22/h6-12,15-16,24-25,28,32-33H,2-5,13-14H2,1H3,(H,29,30,31)/t15-,16-,24-,25-/m1/s1. The highest BCUT2D eigenvalue weighted by Crippen LogP contribution is 2.35. The Labute approximate surface area is 208 Å². The Hall–Kier alpha value is -2.72. The fraction of sp³-hybridized carbons (Fsp3) is 0.423. The van der Waals surface area contributed by atoms with E-state index in [4.69, 9.17) is 4.74 Å². The summed E-state index contributed by atoms with van der Waals surface area (Å²) in [7, 11) is 1.60. The summed E-state index contributed by atoms with van der Waals surface area (Å²) in [6.45, 7) is 0.624. The lowest BCUT2D eigenvalue weighted by Crippen LogP contribution is -2.37. The van der Waals surface area contributed by atoms with Gasteiger partial charge in [-0.05, 0) is 73.6 Å². The predicted molar refractivity (Wildman–Crippen MR) is 135 cm³/mol. The topological polar surface area (TPSA) is 117 Å². The number of rotatable bonds is 7. The molecule has 4 N–H and O–H groups in total. The van der Waals surface area contributed by atoms with Crippen molar-refractivity contribution in [2.24, 2.45) is 5.92 Å². The number of hydrogen-bond donors (Lipinski definition) is 4. The number of carbonyl (C=O) groups excluding carboxylic acids is 1. The minimum atomic E-state index is -0.991. The van der Waals surface area contributed by atoms with E-state index in [0.717, 1.165) is 47.2 Å². The number of amides is 1. The van der Waals surface area contributed by atoms with E-state index in [-0.39, 0.29) is 11.8 Å². The summed E-state index contributed by atoms with van der Waals surface area (Å²) in [5.74, 6) is 1.77. The molecule has 184 valence electrons. The van der Waals surface area contributed by atoms with Gasteiger partial charge in [0.2, 0.25) is 5.91 Å². The summed E-state index contributed by atoms with van der Waals surface area (Å²) in [5, 5.41) is 29.3. The number of ether oxygens (including phenoxy) is 1. The normalized spacial score (nSPS) is 21.7. The molecule has 1 aliphatic heterocycles. The second-order valence-corrected chi connectivity index (χ2v) is 10.2. The van der Waals surface area contributed by atoms with Crippen LogP contribution in [0, 0.1) is 5.92 Å². The van der Waals surface area contributed by atoms with Crippen molar-refractivity contribution in [2.45, 2.75) is 55.4 Å². The minimum absolute atomic E-state index is 0.0157. The predicted octanol–water partition coefficient (Wildman–Crippen LogP) is 3.43. The fourth-order valence-electron chi connectivity index (χ4n) is 4.99. The zero-order valence-electron chi connectivity index (χ0n) is 19.6. The Bertz CT molecular complexity index is 1220. The van der Waals surface area contributed by atoms with Crippen molar-refractivity contribution in [3.63, 3.8) is 0 Å². The highest BCUT2D eigenvalue weighted by Gasteiger charge is 2.32. The number of aliphatic hydroxyl groups is 2. The monoisotopic (exact) mass is 494 g/mol. The number of thioether (sulfide) groups is 1. The maximum absolute atomic E-state index is 11.6. The van der Waals surface area contributed by atoms with E-state index in [1.54, 1.807) is 19.4 Å². The number of fused-ring (bicyclic) bond motifs is 2. The number of nitrogens with one attached hydrogen (secondary N) is 2. The van der Waals surface area contributed by atoms with Crippen LogP contribution < -0.4 is 15.4 Å². The molecule has 0 saturated heterocycles.